The van der Waals surface area contributed by atoms with Crippen molar-refractivity contribution < 1.29 is 4.74 Å². The highest BCUT2D eigenvalue weighted by molar-refractivity contribution is 6.32. The molecule has 0 unspecified atom stereocenters. The number of ether oxygens (including phenoxy) is 1. The molecule has 2 N–H and O–H groups in total. The Morgan fingerprint density at radius 3 is 2.64 bits per heavy atom. The van der Waals surface area contributed by atoms with E-state index in [1.807, 2.05) is 18.2 Å². The first-order valence-electron chi connectivity index (χ1n) is 7.25. The molecule has 6 heteroatoms. The molecule has 0 spiro atoms. The van der Waals surface area contributed by atoms with Crippen LogP contribution in [0.2, 0.25) is 5.02 Å². The second kappa shape index (κ2) is 7.84. The van der Waals surface area contributed by atoms with Crippen LogP contribution in [0.3, 0.4) is 0 Å². The van der Waals surface area contributed by atoms with Crippen molar-refractivity contribution in [1.82, 2.24) is 9.97 Å². The van der Waals surface area contributed by atoms with Gasteiger partial charge in [0.25, 0.3) is 0 Å². The normalized spacial score (nSPS) is 10.6. The van der Waals surface area contributed by atoms with Gasteiger partial charge in [-0.15, -0.1) is 0 Å². The Bertz CT molecular complexity index is 619. The summed E-state index contributed by atoms with van der Waals surface area (Å²) in [5.74, 6) is 2.82. The third-order valence-corrected chi connectivity index (χ3v) is 3.41. The third-order valence-electron chi connectivity index (χ3n) is 3.12. The second-order valence-electron chi connectivity index (χ2n) is 5.37. The maximum Gasteiger partial charge on any atom is 0.137 e. The molecule has 1 aromatic heterocycles. The third kappa shape index (κ3) is 4.77. The van der Waals surface area contributed by atoms with E-state index in [1.54, 1.807) is 13.2 Å². The van der Waals surface area contributed by atoms with E-state index in [0.717, 1.165) is 24.5 Å². The summed E-state index contributed by atoms with van der Waals surface area (Å²) in [6.07, 6.45) is 2.63. The summed E-state index contributed by atoms with van der Waals surface area (Å²) < 4.78 is 5.14. The zero-order valence-electron chi connectivity index (χ0n) is 13.1. The van der Waals surface area contributed by atoms with Crippen LogP contribution in [0.25, 0.3) is 0 Å². The van der Waals surface area contributed by atoms with E-state index >= 15 is 0 Å². The molecule has 0 saturated carbocycles. The van der Waals surface area contributed by atoms with Crippen LogP contribution in [-0.2, 0) is 0 Å². The molecule has 0 aliphatic heterocycles. The van der Waals surface area contributed by atoms with Crippen molar-refractivity contribution >= 4 is 28.9 Å². The van der Waals surface area contributed by atoms with Crippen LogP contribution in [0.5, 0.6) is 5.75 Å². The van der Waals surface area contributed by atoms with Crippen molar-refractivity contribution in [3.05, 3.63) is 35.6 Å². The zero-order valence-corrected chi connectivity index (χ0v) is 13.8. The van der Waals surface area contributed by atoms with Gasteiger partial charge >= 0.3 is 0 Å². The number of methoxy groups -OCH3 is 1. The second-order valence-corrected chi connectivity index (χ2v) is 5.78. The number of rotatable bonds is 7. The van der Waals surface area contributed by atoms with E-state index in [0.29, 0.717) is 22.5 Å². The highest BCUT2D eigenvalue weighted by Crippen LogP contribution is 2.28. The highest BCUT2D eigenvalue weighted by Gasteiger charge is 2.04. The smallest absolute Gasteiger partial charge is 0.137 e. The first-order valence-corrected chi connectivity index (χ1v) is 7.62. The van der Waals surface area contributed by atoms with Gasteiger partial charge in [-0.25, -0.2) is 9.97 Å². The topological polar surface area (TPSA) is 59.1 Å². The lowest BCUT2D eigenvalue weighted by molar-refractivity contribution is 0.415. The molecule has 5 nitrogen and oxygen atoms in total. The van der Waals surface area contributed by atoms with Crippen LogP contribution < -0.4 is 15.4 Å². The largest absolute Gasteiger partial charge is 0.495 e. The van der Waals surface area contributed by atoms with Crippen LogP contribution in [-0.4, -0.2) is 23.6 Å². The van der Waals surface area contributed by atoms with Crippen LogP contribution in [0.15, 0.2) is 30.6 Å². The number of benzene rings is 1. The lowest BCUT2D eigenvalue weighted by atomic mass is 10.1. The predicted molar refractivity (Wildman–Crippen MR) is 91.3 cm³/mol. The molecule has 0 atom stereocenters. The number of halogens is 1. The molecule has 22 heavy (non-hydrogen) atoms. The number of nitrogens with one attached hydrogen (secondary N) is 2. The van der Waals surface area contributed by atoms with Gasteiger partial charge in [-0.05, 0) is 30.5 Å². The minimum Gasteiger partial charge on any atom is -0.495 e. The average molecular weight is 321 g/mol. The predicted octanol–water partition coefficient (Wildman–Crippen LogP) is 4.34. The summed E-state index contributed by atoms with van der Waals surface area (Å²) >= 11 is 6.12. The summed E-state index contributed by atoms with van der Waals surface area (Å²) in [4.78, 5) is 8.43. The van der Waals surface area contributed by atoms with Gasteiger partial charge in [0.15, 0.2) is 0 Å². The molecule has 1 heterocycles. The summed E-state index contributed by atoms with van der Waals surface area (Å²) in [7, 11) is 1.59. The van der Waals surface area contributed by atoms with Gasteiger partial charge in [-0.1, -0.05) is 25.4 Å². The van der Waals surface area contributed by atoms with E-state index in [-0.39, 0.29) is 0 Å². The SMILES string of the molecule is COc1ccc(Nc2cc(NCCC(C)C)ncn2)cc1Cl. The van der Waals surface area contributed by atoms with Gasteiger partial charge in [-0.3, -0.25) is 0 Å². The first-order chi connectivity index (χ1) is 10.6. The van der Waals surface area contributed by atoms with Gasteiger partial charge in [-0.2, -0.15) is 0 Å². The molecule has 2 rings (SSSR count). The summed E-state index contributed by atoms with van der Waals surface area (Å²) in [6.45, 7) is 5.28. The van der Waals surface area contributed by atoms with Gasteiger partial charge < -0.3 is 15.4 Å². The number of anilines is 3. The van der Waals surface area contributed by atoms with Crippen LogP contribution in [0.4, 0.5) is 17.3 Å². The van der Waals surface area contributed by atoms with Crippen molar-refractivity contribution in [1.29, 1.82) is 0 Å². The molecule has 118 valence electrons. The molecule has 2 aromatic rings. The minimum absolute atomic E-state index is 0.553. The lowest BCUT2D eigenvalue weighted by Crippen LogP contribution is -2.07. The lowest BCUT2D eigenvalue weighted by Gasteiger charge is -2.10. The molecule has 0 amide bonds. The van der Waals surface area contributed by atoms with E-state index in [9.17, 15) is 0 Å². The maximum absolute atomic E-state index is 6.12. The van der Waals surface area contributed by atoms with Crippen LogP contribution in [0, 0.1) is 5.92 Å². The van der Waals surface area contributed by atoms with Crippen LogP contribution >= 0.6 is 11.6 Å². The Labute approximate surface area is 136 Å². The monoisotopic (exact) mass is 320 g/mol. The number of aromatic nitrogens is 2. The van der Waals surface area contributed by atoms with E-state index in [4.69, 9.17) is 16.3 Å². The Hall–Kier alpha value is -2.01. The summed E-state index contributed by atoms with van der Waals surface area (Å²) in [5, 5.41) is 7.05. The van der Waals surface area contributed by atoms with Crippen molar-refractivity contribution in [3.63, 3.8) is 0 Å². The summed E-state index contributed by atoms with van der Waals surface area (Å²) in [5.41, 5.74) is 0.845. The van der Waals surface area contributed by atoms with Crippen LogP contribution in [0.1, 0.15) is 20.3 Å². The Kier molecular flexibility index (Phi) is 5.83. The van der Waals surface area contributed by atoms with Crippen molar-refractivity contribution in [2.45, 2.75) is 20.3 Å². The number of nitrogens with zero attached hydrogens (tertiary/aromatic N) is 2. The molecule has 0 aliphatic rings. The molecular weight excluding hydrogens is 300 g/mol. The van der Waals surface area contributed by atoms with E-state index < -0.39 is 0 Å². The molecule has 0 fully saturated rings. The fourth-order valence-electron chi connectivity index (χ4n) is 1.90. The van der Waals surface area contributed by atoms with Gasteiger partial charge in [0.2, 0.25) is 0 Å². The molecule has 0 aliphatic carbocycles. The zero-order chi connectivity index (χ0) is 15.9. The standard InChI is InChI=1S/C16H21ClN4O/c1-11(2)6-7-18-15-9-16(20-10-19-15)21-12-4-5-14(22-3)13(17)8-12/h4-5,8-11H,6-7H2,1-3H3,(H2,18,19,20,21). The van der Waals surface area contributed by atoms with Gasteiger partial charge in [0.1, 0.15) is 23.7 Å². The van der Waals surface area contributed by atoms with E-state index in [1.165, 1.54) is 6.33 Å². The summed E-state index contributed by atoms with van der Waals surface area (Å²) in [6, 6.07) is 7.37. The fourth-order valence-corrected chi connectivity index (χ4v) is 2.16. The molecular formula is C16H21ClN4O. The minimum atomic E-state index is 0.553. The maximum atomic E-state index is 6.12. The first kappa shape index (κ1) is 16.4. The quantitative estimate of drug-likeness (QED) is 0.794. The number of hydrogen-bond donors (Lipinski definition) is 2. The fraction of sp³-hybridized carbons (Fsp3) is 0.375. The highest BCUT2D eigenvalue weighted by atomic mass is 35.5. The van der Waals surface area contributed by atoms with Gasteiger partial charge in [0.05, 0.1) is 12.1 Å². The Morgan fingerprint density at radius 2 is 1.95 bits per heavy atom. The molecule has 0 radical (unpaired) electrons. The van der Waals surface area contributed by atoms with E-state index in [2.05, 4.69) is 34.4 Å². The molecule has 0 bridgehead atoms. The molecule has 1 aromatic carbocycles. The van der Waals surface area contributed by atoms with Crippen molar-refractivity contribution in [2.24, 2.45) is 5.92 Å². The Balaban J connectivity index is 2.02. The van der Waals surface area contributed by atoms with Gasteiger partial charge in [0, 0.05) is 18.3 Å². The molecule has 0 saturated heterocycles. The Morgan fingerprint density at radius 1 is 1.18 bits per heavy atom. The van der Waals surface area contributed by atoms with Crippen molar-refractivity contribution in [2.75, 3.05) is 24.3 Å². The number of hydrogen-bond acceptors (Lipinski definition) is 5. The van der Waals surface area contributed by atoms with Crippen molar-refractivity contribution in [3.8, 4) is 5.75 Å². The average Bonchev–Trinajstić information content (AvgIpc) is 2.47.